The summed E-state index contributed by atoms with van der Waals surface area (Å²) in [5, 5.41) is 5.74. The van der Waals surface area contributed by atoms with Crippen LogP contribution in [-0.2, 0) is 4.79 Å². The second kappa shape index (κ2) is 8.97. The molecule has 0 unspecified atom stereocenters. The average Bonchev–Trinajstić information content (AvgIpc) is 3.22. The van der Waals surface area contributed by atoms with Gasteiger partial charge in [0.2, 0.25) is 5.91 Å². The first-order valence-corrected chi connectivity index (χ1v) is 11.6. The third-order valence-electron chi connectivity index (χ3n) is 4.92. The Morgan fingerprint density at radius 1 is 1.09 bits per heavy atom. The van der Waals surface area contributed by atoms with Crippen LogP contribution in [0.15, 0.2) is 63.9 Å². The van der Waals surface area contributed by atoms with Crippen molar-refractivity contribution in [2.45, 2.75) is 19.0 Å². The van der Waals surface area contributed by atoms with Crippen LogP contribution in [0.4, 0.5) is 5.00 Å². The van der Waals surface area contributed by atoms with Gasteiger partial charge in [-0.15, -0.1) is 11.3 Å². The van der Waals surface area contributed by atoms with Crippen molar-refractivity contribution < 1.29 is 9.59 Å². The first-order chi connectivity index (χ1) is 15.4. The van der Waals surface area contributed by atoms with E-state index in [9.17, 15) is 14.4 Å². The van der Waals surface area contributed by atoms with Crippen LogP contribution >= 0.6 is 23.1 Å². The largest absolute Gasteiger partial charge is 0.366 e. The van der Waals surface area contributed by atoms with Crippen LogP contribution in [-0.4, -0.2) is 27.1 Å². The summed E-state index contributed by atoms with van der Waals surface area (Å²) in [6, 6.07) is 14.5. The minimum atomic E-state index is -0.603. The van der Waals surface area contributed by atoms with Gasteiger partial charge in [-0.3, -0.25) is 19.0 Å². The van der Waals surface area contributed by atoms with Crippen LogP contribution in [0.3, 0.4) is 0 Å². The van der Waals surface area contributed by atoms with Crippen LogP contribution in [0.1, 0.15) is 21.5 Å². The molecule has 32 heavy (non-hydrogen) atoms. The van der Waals surface area contributed by atoms with Crippen LogP contribution in [0.25, 0.3) is 16.6 Å². The molecule has 2 aromatic carbocycles. The van der Waals surface area contributed by atoms with Gasteiger partial charge in [-0.2, -0.15) is 0 Å². The number of thioether (sulfide) groups is 1. The first kappa shape index (κ1) is 21.8. The molecule has 4 rings (SSSR count). The molecule has 0 aliphatic carbocycles. The molecular formula is C23H20N4O3S2. The number of nitrogens with one attached hydrogen (secondary N) is 1. The number of benzene rings is 2. The lowest BCUT2D eigenvalue weighted by molar-refractivity contribution is -0.113. The number of hydrogen-bond donors (Lipinski definition) is 2. The second-order valence-electron chi connectivity index (χ2n) is 7.16. The Bertz CT molecular complexity index is 1390. The van der Waals surface area contributed by atoms with Gasteiger partial charge in [0.25, 0.3) is 11.5 Å². The summed E-state index contributed by atoms with van der Waals surface area (Å²) in [7, 11) is 0. The number of nitrogens with zero attached hydrogens (tertiary/aromatic N) is 2. The molecular weight excluding hydrogens is 444 g/mol. The van der Waals surface area contributed by atoms with E-state index in [1.807, 2.05) is 38.1 Å². The van der Waals surface area contributed by atoms with Gasteiger partial charge in [0.15, 0.2) is 5.16 Å². The van der Waals surface area contributed by atoms with Gasteiger partial charge in [0, 0.05) is 0 Å². The summed E-state index contributed by atoms with van der Waals surface area (Å²) in [4.78, 5) is 42.2. The number of primary amides is 1. The Morgan fingerprint density at radius 2 is 1.81 bits per heavy atom. The van der Waals surface area contributed by atoms with E-state index in [-0.39, 0.29) is 22.8 Å². The van der Waals surface area contributed by atoms with Gasteiger partial charge in [0.05, 0.1) is 27.9 Å². The Labute approximate surface area is 192 Å². The van der Waals surface area contributed by atoms with Gasteiger partial charge in [-0.25, -0.2) is 4.98 Å². The van der Waals surface area contributed by atoms with Crippen molar-refractivity contribution in [1.82, 2.24) is 9.55 Å². The number of rotatable bonds is 6. The SMILES string of the molecule is Cc1cccc(C)c1-n1c(SCC(=O)Nc2sccc2C(N)=O)nc2ccccc2c1=O. The lowest BCUT2D eigenvalue weighted by Crippen LogP contribution is -2.24. The number of hydrogen-bond acceptors (Lipinski definition) is 6. The van der Waals surface area contributed by atoms with E-state index in [2.05, 4.69) is 10.3 Å². The van der Waals surface area contributed by atoms with Crippen LogP contribution < -0.4 is 16.6 Å². The zero-order chi connectivity index (χ0) is 22.8. The highest BCUT2D eigenvalue weighted by atomic mass is 32.2. The number of aryl methyl sites for hydroxylation is 2. The van der Waals surface area contributed by atoms with Gasteiger partial charge in [-0.1, -0.05) is 42.1 Å². The minimum Gasteiger partial charge on any atom is -0.366 e. The monoisotopic (exact) mass is 464 g/mol. The Kier molecular flexibility index (Phi) is 6.11. The maximum atomic E-state index is 13.4. The lowest BCUT2D eigenvalue weighted by Gasteiger charge is -2.17. The zero-order valence-electron chi connectivity index (χ0n) is 17.4. The average molecular weight is 465 g/mol. The molecule has 2 aromatic heterocycles. The number of fused-ring (bicyclic) bond motifs is 1. The van der Waals surface area contributed by atoms with Gasteiger partial charge in [-0.05, 0) is 48.6 Å². The number of thiophene rings is 1. The molecule has 2 amide bonds. The molecule has 0 fully saturated rings. The molecule has 2 heterocycles. The van der Waals surface area contributed by atoms with Crippen molar-refractivity contribution in [2.24, 2.45) is 5.73 Å². The highest BCUT2D eigenvalue weighted by Gasteiger charge is 2.18. The molecule has 0 saturated heterocycles. The van der Waals surface area contributed by atoms with E-state index in [1.54, 1.807) is 34.2 Å². The highest BCUT2D eigenvalue weighted by molar-refractivity contribution is 7.99. The Morgan fingerprint density at radius 3 is 2.53 bits per heavy atom. The Hall–Kier alpha value is -3.43. The predicted octanol–water partition coefficient (Wildman–Crippen LogP) is 3.89. The molecule has 162 valence electrons. The van der Waals surface area contributed by atoms with Crippen molar-refractivity contribution in [2.75, 3.05) is 11.1 Å². The lowest BCUT2D eigenvalue weighted by atomic mass is 10.1. The number of para-hydroxylation sites is 2. The van der Waals surface area contributed by atoms with E-state index >= 15 is 0 Å². The molecule has 7 nitrogen and oxygen atoms in total. The topological polar surface area (TPSA) is 107 Å². The van der Waals surface area contributed by atoms with Crippen molar-refractivity contribution >= 4 is 50.8 Å². The molecule has 9 heteroatoms. The predicted molar refractivity (Wildman–Crippen MR) is 129 cm³/mol. The van der Waals surface area contributed by atoms with Crippen LogP contribution in [0.2, 0.25) is 0 Å². The summed E-state index contributed by atoms with van der Waals surface area (Å²) in [5.74, 6) is -0.920. The fraction of sp³-hybridized carbons (Fsp3) is 0.130. The van der Waals surface area contributed by atoms with E-state index in [0.717, 1.165) is 28.6 Å². The van der Waals surface area contributed by atoms with Crippen molar-refractivity contribution in [3.63, 3.8) is 0 Å². The second-order valence-corrected chi connectivity index (χ2v) is 9.02. The van der Waals surface area contributed by atoms with Crippen molar-refractivity contribution in [3.8, 4) is 5.69 Å². The minimum absolute atomic E-state index is 0.00576. The number of amides is 2. The van der Waals surface area contributed by atoms with Gasteiger partial charge >= 0.3 is 0 Å². The number of anilines is 1. The fourth-order valence-electron chi connectivity index (χ4n) is 3.46. The quantitative estimate of drug-likeness (QED) is 0.332. The van der Waals surface area contributed by atoms with Crippen molar-refractivity contribution in [1.29, 1.82) is 0 Å². The molecule has 0 saturated carbocycles. The van der Waals surface area contributed by atoms with Crippen LogP contribution in [0, 0.1) is 13.8 Å². The molecule has 0 radical (unpaired) electrons. The fourth-order valence-corrected chi connectivity index (χ4v) is 5.06. The van der Waals surface area contributed by atoms with E-state index < -0.39 is 5.91 Å². The standard InChI is InChI=1S/C23H20N4O3S2/c1-13-6-5-7-14(2)19(13)27-22(30)15-8-3-4-9-17(15)25-23(27)32-12-18(28)26-21-16(20(24)29)10-11-31-21/h3-11H,12H2,1-2H3,(H2,24,29)(H,26,28). The van der Waals surface area contributed by atoms with E-state index in [1.165, 1.54) is 11.3 Å². The van der Waals surface area contributed by atoms with Crippen molar-refractivity contribution in [3.05, 3.63) is 81.0 Å². The highest BCUT2D eigenvalue weighted by Crippen LogP contribution is 2.27. The molecule has 0 spiro atoms. The smallest absolute Gasteiger partial charge is 0.266 e. The summed E-state index contributed by atoms with van der Waals surface area (Å²) in [5.41, 5.74) is 8.61. The summed E-state index contributed by atoms with van der Waals surface area (Å²) in [6.07, 6.45) is 0. The summed E-state index contributed by atoms with van der Waals surface area (Å²) in [6.45, 7) is 3.88. The molecule has 3 N–H and O–H groups in total. The third kappa shape index (κ3) is 4.17. The maximum absolute atomic E-state index is 13.4. The van der Waals surface area contributed by atoms with Gasteiger partial charge in [0.1, 0.15) is 5.00 Å². The molecule has 0 aliphatic rings. The van der Waals surface area contributed by atoms with E-state index in [4.69, 9.17) is 5.73 Å². The number of nitrogens with two attached hydrogens (primary N) is 1. The third-order valence-corrected chi connectivity index (χ3v) is 6.69. The van der Waals surface area contributed by atoms with Gasteiger partial charge < -0.3 is 11.1 Å². The van der Waals surface area contributed by atoms with Crippen LogP contribution in [0.5, 0.6) is 0 Å². The molecule has 0 aliphatic heterocycles. The number of carbonyl (C=O) groups excluding carboxylic acids is 2. The number of carbonyl (C=O) groups is 2. The number of aromatic nitrogens is 2. The molecule has 0 bridgehead atoms. The molecule has 4 aromatic rings. The maximum Gasteiger partial charge on any atom is 0.266 e. The zero-order valence-corrected chi connectivity index (χ0v) is 19.0. The summed E-state index contributed by atoms with van der Waals surface area (Å²) < 4.78 is 1.57. The summed E-state index contributed by atoms with van der Waals surface area (Å²) >= 11 is 2.38. The molecule has 0 atom stereocenters. The Balaban J connectivity index is 1.72. The first-order valence-electron chi connectivity index (χ1n) is 9.75. The normalized spacial score (nSPS) is 10.9. The van der Waals surface area contributed by atoms with E-state index in [0.29, 0.717) is 21.1 Å².